The van der Waals surface area contributed by atoms with Crippen LogP contribution in [0, 0.1) is 12.8 Å². The predicted molar refractivity (Wildman–Crippen MR) is 122 cm³/mol. The number of Topliss-reactive ketones (excluding diaryl/α,β-unsaturated/α-hetero) is 1. The number of benzene rings is 2. The van der Waals surface area contributed by atoms with E-state index < -0.39 is 0 Å². The van der Waals surface area contributed by atoms with Crippen LogP contribution in [-0.2, 0) is 4.79 Å². The topological polar surface area (TPSA) is 75.2 Å². The molecular weight excluding hydrogens is 388 g/mol. The molecule has 2 aromatic carbocycles. The van der Waals surface area contributed by atoms with Crippen molar-refractivity contribution in [2.75, 3.05) is 23.3 Å². The summed E-state index contributed by atoms with van der Waals surface area (Å²) >= 11 is 0. The lowest BCUT2D eigenvalue weighted by Gasteiger charge is -2.31. The summed E-state index contributed by atoms with van der Waals surface area (Å²) in [6.45, 7) is 5.10. The Morgan fingerprint density at radius 2 is 1.74 bits per heavy atom. The van der Waals surface area contributed by atoms with Gasteiger partial charge in [0.25, 0.3) is 0 Å². The van der Waals surface area contributed by atoms with E-state index in [1.165, 1.54) is 12.5 Å². The molecule has 31 heavy (non-hydrogen) atoms. The standard InChI is InChI=1S/C25H26N4O2/c1-17-6-3-4-9-22(17)23-10-11-24(28-27-23)29-14-12-19(13-15-29)25(31)26-21-8-5-7-20(16-21)18(2)30/h3-11,16,19H,12-15H2,1-2H3,(H,26,31). The van der Waals surface area contributed by atoms with Crippen LogP contribution in [0.5, 0.6) is 0 Å². The van der Waals surface area contributed by atoms with Crippen molar-refractivity contribution in [2.45, 2.75) is 26.7 Å². The summed E-state index contributed by atoms with van der Waals surface area (Å²) in [5.74, 6) is 0.766. The van der Waals surface area contributed by atoms with Crippen molar-refractivity contribution in [2.24, 2.45) is 5.92 Å². The highest BCUT2D eigenvalue weighted by atomic mass is 16.2. The lowest BCUT2D eigenvalue weighted by atomic mass is 9.95. The molecule has 1 amide bonds. The Hall–Kier alpha value is -3.54. The number of hydrogen-bond donors (Lipinski definition) is 1. The van der Waals surface area contributed by atoms with Gasteiger partial charge in [0.2, 0.25) is 5.91 Å². The van der Waals surface area contributed by atoms with E-state index in [-0.39, 0.29) is 17.6 Å². The summed E-state index contributed by atoms with van der Waals surface area (Å²) in [5.41, 5.74) is 4.39. The first-order valence-electron chi connectivity index (χ1n) is 10.6. The van der Waals surface area contributed by atoms with Gasteiger partial charge in [-0.05, 0) is 56.5 Å². The number of nitrogens with one attached hydrogen (secondary N) is 1. The van der Waals surface area contributed by atoms with Gasteiger partial charge in [-0.25, -0.2) is 0 Å². The molecule has 1 fully saturated rings. The second-order valence-corrected chi connectivity index (χ2v) is 7.98. The van der Waals surface area contributed by atoms with Crippen molar-refractivity contribution in [3.05, 3.63) is 71.8 Å². The Balaban J connectivity index is 1.35. The maximum Gasteiger partial charge on any atom is 0.227 e. The summed E-state index contributed by atoms with van der Waals surface area (Å²) in [5, 5.41) is 11.8. The molecule has 4 rings (SSSR count). The second-order valence-electron chi connectivity index (χ2n) is 7.98. The summed E-state index contributed by atoms with van der Waals surface area (Å²) in [4.78, 5) is 26.4. The van der Waals surface area contributed by atoms with E-state index in [1.807, 2.05) is 30.3 Å². The highest BCUT2D eigenvalue weighted by Gasteiger charge is 2.26. The van der Waals surface area contributed by atoms with Gasteiger partial charge in [-0.3, -0.25) is 9.59 Å². The van der Waals surface area contributed by atoms with Crippen LogP contribution in [-0.4, -0.2) is 35.0 Å². The number of carbonyl (C=O) groups is 2. The smallest absolute Gasteiger partial charge is 0.227 e. The number of anilines is 2. The van der Waals surface area contributed by atoms with E-state index in [9.17, 15) is 9.59 Å². The predicted octanol–water partition coefficient (Wildman–Crippen LogP) is 4.51. The number of nitrogens with zero attached hydrogens (tertiary/aromatic N) is 3. The van der Waals surface area contributed by atoms with Crippen molar-refractivity contribution >= 4 is 23.2 Å². The van der Waals surface area contributed by atoms with Crippen LogP contribution in [0.25, 0.3) is 11.3 Å². The number of piperidine rings is 1. The minimum atomic E-state index is -0.0589. The highest BCUT2D eigenvalue weighted by molar-refractivity contribution is 5.97. The van der Waals surface area contributed by atoms with Crippen LogP contribution in [0.1, 0.15) is 35.7 Å². The number of amides is 1. The number of hydrogen-bond acceptors (Lipinski definition) is 5. The lowest BCUT2D eigenvalue weighted by molar-refractivity contribution is -0.120. The number of rotatable bonds is 5. The van der Waals surface area contributed by atoms with Crippen LogP contribution in [0.2, 0.25) is 0 Å². The molecule has 6 nitrogen and oxygen atoms in total. The second kappa shape index (κ2) is 9.08. The van der Waals surface area contributed by atoms with Crippen molar-refractivity contribution in [1.29, 1.82) is 0 Å². The zero-order chi connectivity index (χ0) is 21.8. The van der Waals surface area contributed by atoms with E-state index in [1.54, 1.807) is 18.2 Å². The Bertz CT molecular complexity index is 1090. The van der Waals surface area contributed by atoms with Crippen molar-refractivity contribution in [1.82, 2.24) is 10.2 Å². The van der Waals surface area contributed by atoms with Gasteiger partial charge in [0, 0.05) is 35.8 Å². The third-order valence-electron chi connectivity index (χ3n) is 5.80. The zero-order valence-corrected chi connectivity index (χ0v) is 17.8. The Morgan fingerprint density at radius 1 is 0.968 bits per heavy atom. The normalized spacial score (nSPS) is 14.3. The van der Waals surface area contributed by atoms with E-state index in [0.29, 0.717) is 11.3 Å². The van der Waals surface area contributed by atoms with Crippen LogP contribution >= 0.6 is 0 Å². The molecule has 3 aromatic rings. The maximum absolute atomic E-state index is 12.7. The van der Waals surface area contributed by atoms with Crippen LogP contribution in [0.3, 0.4) is 0 Å². The van der Waals surface area contributed by atoms with Gasteiger partial charge < -0.3 is 10.2 Å². The fraction of sp³-hybridized carbons (Fsp3) is 0.280. The Kier molecular flexibility index (Phi) is 6.07. The van der Waals surface area contributed by atoms with E-state index in [0.717, 1.165) is 43.0 Å². The molecule has 0 atom stereocenters. The molecular formula is C25H26N4O2. The van der Waals surface area contributed by atoms with Gasteiger partial charge in [-0.15, -0.1) is 10.2 Å². The van der Waals surface area contributed by atoms with Crippen LogP contribution < -0.4 is 10.2 Å². The third kappa shape index (κ3) is 4.79. The fourth-order valence-electron chi connectivity index (χ4n) is 3.93. The van der Waals surface area contributed by atoms with Gasteiger partial charge in [-0.2, -0.15) is 0 Å². The SMILES string of the molecule is CC(=O)c1cccc(NC(=O)C2CCN(c3ccc(-c4ccccc4C)nn3)CC2)c1. The van der Waals surface area contributed by atoms with Crippen molar-refractivity contribution < 1.29 is 9.59 Å². The van der Waals surface area contributed by atoms with Crippen molar-refractivity contribution in [3.8, 4) is 11.3 Å². The van der Waals surface area contributed by atoms with Gasteiger partial charge in [0.15, 0.2) is 11.6 Å². The largest absolute Gasteiger partial charge is 0.355 e. The molecule has 1 aromatic heterocycles. The zero-order valence-electron chi connectivity index (χ0n) is 17.8. The molecule has 0 bridgehead atoms. The lowest BCUT2D eigenvalue weighted by Crippen LogP contribution is -2.38. The van der Waals surface area contributed by atoms with E-state index in [2.05, 4.69) is 39.5 Å². The highest BCUT2D eigenvalue weighted by Crippen LogP contribution is 2.25. The summed E-state index contributed by atoms with van der Waals surface area (Å²) in [7, 11) is 0. The quantitative estimate of drug-likeness (QED) is 0.622. The number of ketones is 1. The maximum atomic E-state index is 12.7. The van der Waals surface area contributed by atoms with Crippen LogP contribution in [0.15, 0.2) is 60.7 Å². The molecule has 1 N–H and O–H groups in total. The monoisotopic (exact) mass is 414 g/mol. The number of aromatic nitrogens is 2. The molecule has 0 radical (unpaired) electrons. The first kappa shape index (κ1) is 20.7. The average molecular weight is 415 g/mol. The molecule has 0 unspecified atom stereocenters. The van der Waals surface area contributed by atoms with Crippen LogP contribution in [0.4, 0.5) is 11.5 Å². The van der Waals surface area contributed by atoms with Gasteiger partial charge in [0.1, 0.15) is 0 Å². The van der Waals surface area contributed by atoms with Crippen molar-refractivity contribution in [3.63, 3.8) is 0 Å². The molecule has 6 heteroatoms. The number of aryl methyl sites for hydroxylation is 1. The minimum Gasteiger partial charge on any atom is -0.355 e. The number of carbonyl (C=O) groups excluding carboxylic acids is 2. The third-order valence-corrected chi connectivity index (χ3v) is 5.80. The molecule has 1 aliphatic heterocycles. The first-order valence-corrected chi connectivity index (χ1v) is 10.6. The van der Waals surface area contributed by atoms with Gasteiger partial charge in [0.05, 0.1) is 5.69 Å². The molecule has 1 saturated heterocycles. The first-order chi connectivity index (χ1) is 15.0. The summed E-state index contributed by atoms with van der Waals surface area (Å²) in [6, 6.07) is 19.2. The molecule has 0 spiro atoms. The van der Waals surface area contributed by atoms with E-state index in [4.69, 9.17) is 0 Å². The molecule has 1 aliphatic rings. The summed E-state index contributed by atoms with van der Waals surface area (Å²) in [6.07, 6.45) is 1.50. The van der Waals surface area contributed by atoms with Gasteiger partial charge in [-0.1, -0.05) is 36.4 Å². The average Bonchev–Trinajstić information content (AvgIpc) is 2.80. The fourth-order valence-corrected chi connectivity index (χ4v) is 3.93. The minimum absolute atomic E-state index is 0.00124. The Labute approximate surface area is 182 Å². The van der Waals surface area contributed by atoms with Gasteiger partial charge >= 0.3 is 0 Å². The molecule has 0 saturated carbocycles. The molecule has 0 aliphatic carbocycles. The molecule has 2 heterocycles. The van der Waals surface area contributed by atoms with E-state index >= 15 is 0 Å². The molecule has 158 valence electrons. The summed E-state index contributed by atoms with van der Waals surface area (Å²) < 4.78 is 0. The Morgan fingerprint density at radius 3 is 2.42 bits per heavy atom.